The van der Waals surface area contributed by atoms with Gasteiger partial charge in [-0.25, -0.2) is 0 Å². The highest BCUT2D eigenvalue weighted by atomic mass is 16.5. The first-order chi connectivity index (χ1) is 14.4. The Labute approximate surface area is 178 Å². The fourth-order valence-electron chi connectivity index (χ4n) is 3.10. The van der Waals surface area contributed by atoms with Crippen LogP contribution in [0.4, 0.5) is 5.69 Å². The molecule has 0 aliphatic heterocycles. The van der Waals surface area contributed by atoms with Crippen LogP contribution in [0, 0.1) is 18.3 Å². The van der Waals surface area contributed by atoms with E-state index in [0.29, 0.717) is 24.5 Å². The monoisotopic (exact) mass is 407 g/mol. The molecule has 2 aromatic carbocycles. The second-order valence-electron chi connectivity index (χ2n) is 7.21. The van der Waals surface area contributed by atoms with Gasteiger partial charge in [-0.2, -0.15) is 5.26 Å². The van der Waals surface area contributed by atoms with Gasteiger partial charge in [0.25, 0.3) is 5.91 Å². The second-order valence-corrected chi connectivity index (χ2v) is 7.21. The smallest absolute Gasteiger partial charge is 0.267 e. The maximum absolute atomic E-state index is 12.6. The van der Waals surface area contributed by atoms with Gasteiger partial charge in [-0.3, -0.25) is 4.79 Å². The number of carbonyl (C=O) groups is 1. The normalized spacial score (nSPS) is 11.0. The molecule has 0 aliphatic rings. The SMILES string of the molecule is COc1ccc(CCN/C=C(/C#N)C(=O)Nc2c(C)cccc2C(C)C)cc1OC. The van der Waals surface area contributed by atoms with Crippen molar-refractivity contribution in [3.8, 4) is 17.6 Å². The molecule has 1 amide bonds. The Morgan fingerprint density at radius 1 is 1.17 bits per heavy atom. The van der Waals surface area contributed by atoms with Gasteiger partial charge in [-0.1, -0.05) is 38.1 Å². The zero-order chi connectivity index (χ0) is 22.1. The summed E-state index contributed by atoms with van der Waals surface area (Å²) < 4.78 is 10.5. The van der Waals surface area contributed by atoms with Gasteiger partial charge in [0.05, 0.1) is 14.2 Å². The minimum absolute atomic E-state index is 0.0280. The highest BCUT2D eigenvalue weighted by Gasteiger charge is 2.15. The molecule has 0 aromatic heterocycles. The lowest BCUT2D eigenvalue weighted by Crippen LogP contribution is -2.19. The van der Waals surface area contributed by atoms with E-state index in [1.54, 1.807) is 14.2 Å². The maximum Gasteiger partial charge on any atom is 0.267 e. The predicted molar refractivity (Wildman–Crippen MR) is 119 cm³/mol. The van der Waals surface area contributed by atoms with Crippen molar-refractivity contribution in [2.45, 2.75) is 33.1 Å². The summed E-state index contributed by atoms with van der Waals surface area (Å²) in [6, 6.07) is 13.6. The number of benzene rings is 2. The van der Waals surface area contributed by atoms with Crippen molar-refractivity contribution >= 4 is 11.6 Å². The largest absolute Gasteiger partial charge is 0.493 e. The van der Waals surface area contributed by atoms with E-state index in [1.165, 1.54) is 6.20 Å². The topological polar surface area (TPSA) is 83.4 Å². The molecule has 6 heteroatoms. The van der Waals surface area contributed by atoms with Crippen LogP contribution >= 0.6 is 0 Å². The number of amides is 1. The quantitative estimate of drug-likeness (QED) is 0.368. The van der Waals surface area contributed by atoms with E-state index < -0.39 is 5.91 Å². The molecule has 0 atom stereocenters. The van der Waals surface area contributed by atoms with Crippen LogP contribution in [-0.4, -0.2) is 26.7 Å². The van der Waals surface area contributed by atoms with E-state index in [4.69, 9.17) is 9.47 Å². The van der Waals surface area contributed by atoms with E-state index in [9.17, 15) is 10.1 Å². The summed E-state index contributed by atoms with van der Waals surface area (Å²) in [4.78, 5) is 12.6. The number of carbonyl (C=O) groups excluding carboxylic acids is 1. The average Bonchev–Trinajstić information content (AvgIpc) is 2.74. The van der Waals surface area contributed by atoms with Crippen LogP contribution in [0.3, 0.4) is 0 Å². The summed E-state index contributed by atoms with van der Waals surface area (Å²) in [5.74, 6) is 1.18. The number of hydrogen-bond donors (Lipinski definition) is 2. The molecule has 0 bridgehead atoms. The van der Waals surface area contributed by atoms with Crippen LogP contribution in [0.25, 0.3) is 0 Å². The lowest BCUT2D eigenvalue weighted by Gasteiger charge is -2.16. The van der Waals surface area contributed by atoms with Gasteiger partial charge in [0.1, 0.15) is 11.6 Å². The van der Waals surface area contributed by atoms with Crippen molar-refractivity contribution in [3.05, 3.63) is 64.9 Å². The number of hydrogen-bond acceptors (Lipinski definition) is 5. The summed E-state index contributed by atoms with van der Waals surface area (Å²) in [5.41, 5.74) is 3.86. The molecule has 2 N–H and O–H groups in total. The number of nitrogens with one attached hydrogen (secondary N) is 2. The zero-order valence-electron chi connectivity index (χ0n) is 18.2. The molecule has 158 valence electrons. The van der Waals surface area contributed by atoms with Gasteiger partial charge in [0.15, 0.2) is 11.5 Å². The third-order valence-electron chi connectivity index (χ3n) is 4.78. The number of para-hydroxylation sites is 1. The number of nitrogens with zero attached hydrogens (tertiary/aromatic N) is 1. The van der Waals surface area contributed by atoms with Crippen LogP contribution in [0.15, 0.2) is 48.2 Å². The van der Waals surface area contributed by atoms with E-state index in [2.05, 4.69) is 24.5 Å². The van der Waals surface area contributed by atoms with Gasteiger partial charge in [-0.05, 0) is 48.1 Å². The molecule has 2 aromatic rings. The van der Waals surface area contributed by atoms with Crippen LogP contribution in [0.1, 0.15) is 36.5 Å². The molecule has 0 radical (unpaired) electrons. The molecule has 0 unspecified atom stereocenters. The average molecular weight is 408 g/mol. The molecule has 0 saturated heterocycles. The molecule has 0 spiro atoms. The Morgan fingerprint density at radius 2 is 1.90 bits per heavy atom. The summed E-state index contributed by atoms with van der Waals surface area (Å²) >= 11 is 0. The van der Waals surface area contributed by atoms with Crippen molar-refractivity contribution in [1.82, 2.24) is 5.32 Å². The van der Waals surface area contributed by atoms with Gasteiger partial charge in [-0.15, -0.1) is 0 Å². The molecule has 30 heavy (non-hydrogen) atoms. The predicted octanol–water partition coefficient (Wildman–Crippen LogP) is 4.31. The number of anilines is 1. The number of aryl methyl sites for hydroxylation is 1. The molecule has 0 heterocycles. The molecule has 6 nitrogen and oxygen atoms in total. The van der Waals surface area contributed by atoms with Gasteiger partial charge >= 0.3 is 0 Å². The number of ether oxygens (including phenoxy) is 2. The van der Waals surface area contributed by atoms with E-state index in [0.717, 1.165) is 22.4 Å². The highest BCUT2D eigenvalue weighted by molar-refractivity contribution is 6.07. The lowest BCUT2D eigenvalue weighted by molar-refractivity contribution is -0.112. The number of rotatable bonds is 9. The zero-order valence-corrected chi connectivity index (χ0v) is 18.2. The molecular formula is C24H29N3O3. The van der Waals surface area contributed by atoms with Crippen LogP contribution in [-0.2, 0) is 11.2 Å². The third kappa shape index (κ3) is 5.77. The molecule has 0 fully saturated rings. The van der Waals surface area contributed by atoms with Crippen molar-refractivity contribution in [2.24, 2.45) is 0 Å². The Hall–Kier alpha value is -3.46. The van der Waals surface area contributed by atoms with Crippen molar-refractivity contribution in [2.75, 3.05) is 26.1 Å². The van der Waals surface area contributed by atoms with Crippen LogP contribution in [0.2, 0.25) is 0 Å². The second kappa shape index (κ2) is 10.9. The molecule has 2 rings (SSSR count). The number of methoxy groups -OCH3 is 2. The van der Waals surface area contributed by atoms with E-state index in [1.807, 2.05) is 49.4 Å². The van der Waals surface area contributed by atoms with Crippen molar-refractivity contribution in [1.29, 1.82) is 5.26 Å². The highest BCUT2D eigenvalue weighted by Crippen LogP contribution is 2.28. The Morgan fingerprint density at radius 3 is 2.53 bits per heavy atom. The summed E-state index contributed by atoms with van der Waals surface area (Å²) in [6.45, 7) is 6.65. The lowest BCUT2D eigenvalue weighted by atomic mass is 9.98. The summed E-state index contributed by atoms with van der Waals surface area (Å²) in [7, 11) is 3.19. The van der Waals surface area contributed by atoms with E-state index in [-0.39, 0.29) is 11.5 Å². The third-order valence-corrected chi connectivity index (χ3v) is 4.78. The van der Waals surface area contributed by atoms with Crippen molar-refractivity contribution < 1.29 is 14.3 Å². The first kappa shape index (κ1) is 22.8. The minimum Gasteiger partial charge on any atom is -0.493 e. The van der Waals surface area contributed by atoms with Gasteiger partial charge in [0, 0.05) is 18.4 Å². The minimum atomic E-state index is -0.424. The maximum atomic E-state index is 12.6. The standard InChI is InChI=1S/C24H29N3O3/c1-16(2)20-8-6-7-17(3)23(20)27-24(28)19(14-25)15-26-12-11-18-9-10-21(29-4)22(13-18)30-5/h6-10,13,15-16,26H,11-12H2,1-5H3,(H,27,28)/b19-15-. The molecule has 0 saturated carbocycles. The Balaban J connectivity index is 2.02. The molecular weight excluding hydrogens is 378 g/mol. The fraction of sp³-hybridized carbons (Fsp3) is 0.333. The Bertz CT molecular complexity index is 959. The fourth-order valence-corrected chi connectivity index (χ4v) is 3.10. The summed E-state index contributed by atoms with van der Waals surface area (Å²) in [6.07, 6.45) is 2.16. The van der Waals surface area contributed by atoms with Gasteiger partial charge < -0.3 is 20.1 Å². The first-order valence-electron chi connectivity index (χ1n) is 9.86. The first-order valence-corrected chi connectivity index (χ1v) is 9.86. The van der Waals surface area contributed by atoms with Crippen LogP contribution in [0.5, 0.6) is 11.5 Å². The summed E-state index contributed by atoms with van der Waals surface area (Å²) in [5, 5.41) is 15.4. The number of nitriles is 1. The van der Waals surface area contributed by atoms with Gasteiger partial charge in [0.2, 0.25) is 0 Å². The van der Waals surface area contributed by atoms with Crippen LogP contribution < -0.4 is 20.1 Å². The Kier molecular flexibility index (Phi) is 8.30. The van der Waals surface area contributed by atoms with Crippen molar-refractivity contribution in [3.63, 3.8) is 0 Å². The molecule has 0 aliphatic carbocycles. The van der Waals surface area contributed by atoms with E-state index >= 15 is 0 Å².